The van der Waals surface area contributed by atoms with Gasteiger partial charge in [0.25, 0.3) is 5.91 Å². The fraction of sp³-hybridized carbons (Fsp3) is 0.353. The summed E-state index contributed by atoms with van der Waals surface area (Å²) in [5.74, 6) is -0.410. The van der Waals surface area contributed by atoms with E-state index in [1.165, 1.54) is 10.7 Å². The summed E-state index contributed by atoms with van der Waals surface area (Å²) >= 11 is 11.8. The van der Waals surface area contributed by atoms with Crippen LogP contribution in [0.4, 0.5) is 5.69 Å². The molecule has 0 saturated carbocycles. The summed E-state index contributed by atoms with van der Waals surface area (Å²) in [7, 11) is 0. The number of hydrogen-bond donors (Lipinski definition) is 1. The first-order chi connectivity index (χ1) is 12.3. The van der Waals surface area contributed by atoms with Crippen molar-refractivity contribution in [1.82, 2.24) is 9.78 Å². The summed E-state index contributed by atoms with van der Waals surface area (Å²) < 4.78 is 11.8. The molecule has 2 aromatic rings. The first-order valence-electron chi connectivity index (χ1n) is 7.89. The topological polar surface area (TPSA) is 82.5 Å². The molecule has 0 aliphatic heterocycles. The normalized spacial score (nSPS) is 10.5. The lowest BCUT2D eigenvalue weighted by atomic mass is 10.3. The summed E-state index contributed by atoms with van der Waals surface area (Å²) in [4.78, 5) is 23.8. The molecule has 0 fully saturated rings. The molecule has 0 saturated heterocycles. The Labute approximate surface area is 161 Å². The summed E-state index contributed by atoms with van der Waals surface area (Å²) in [5.41, 5.74) is 1.77. The van der Waals surface area contributed by atoms with Gasteiger partial charge in [0.05, 0.1) is 28.7 Å². The molecule has 1 N–H and O–H groups in total. The second-order valence-electron chi connectivity index (χ2n) is 5.42. The average molecular weight is 400 g/mol. The van der Waals surface area contributed by atoms with Gasteiger partial charge in [-0.15, -0.1) is 0 Å². The highest BCUT2D eigenvalue weighted by Crippen LogP contribution is 2.27. The van der Waals surface area contributed by atoms with Gasteiger partial charge in [0.15, 0.2) is 6.61 Å². The minimum Gasteiger partial charge on any atom is -0.482 e. The number of ether oxygens (including phenoxy) is 2. The van der Waals surface area contributed by atoms with Gasteiger partial charge >= 0.3 is 5.97 Å². The van der Waals surface area contributed by atoms with Crippen molar-refractivity contribution in [2.24, 2.45) is 0 Å². The van der Waals surface area contributed by atoms with Crippen LogP contribution in [0.15, 0.2) is 18.2 Å². The van der Waals surface area contributed by atoms with Crippen molar-refractivity contribution in [2.75, 3.05) is 18.5 Å². The second kappa shape index (κ2) is 8.91. The van der Waals surface area contributed by atoms with E-state index < -0.39 is 5.97 Å². The molecular formula is C17H19Cl2N3O4. The number of carbonyl (C=O) groups is 2. The number of aromatic nitrogens is 2. The molecule has 0 radical (unpaired) electrons. The Hall–Kier alpha value is -2.25. The molecular weight excluding hydrogens is 381 g/mol. The fourth-order valence-corrected chi connectivity index (χ4v) is 2.73. The Balaban J connectivity index is 2.00. The van der Waals surface area contributed by atoms with Crippen LogP contribution in [-0.4, -0.2) is 34.9 Å². The Bertz CT molecular complexity index is 821. The third-order valence-electron chi connectivity index (χ3n) is 3.48. The van der Waals surface area contributed by atoms with Gasteiger partial charge < -0.3 is 14.8 Å². The molecule has 0 aliphatic rings. The van der Waals surface area contributed by atoms with Gasteiger partial charge in [0.2, 0.25) is 0 Å². The fourth-order valence-electron chi connectivity index (χ4n) is 2.27. The monoisotopic (exact) mass is 399 g/mol. The minimum atomic E-state index is -0.392. The molecule has 2 rings (SSSR count). The molecule has 1 aromatic heterocycles. The van der Waals surface area contributed by atoms with Crippen LogP contribution in [0.3, 0.4) is 0 Å². The lowest BCUT2D eigenvalue weighted by molar-refractivity contribution is -0.144. The van der Waals surface area contributed by atoms with E-state index in [-0.39, 0.29) is 19.1 Å². The number of amides is 1. The zero-order valence-corrected chi connectivity index (χ0v) is 16.1. The molecule has 26 heavy (non-hydrogen) atoms. The van der Waals surface area contributed by atoms with Crippen LogP contribution in [0, 0.1) is 13.8 Å². The highest BCUT2D eigenvalue weighted by atomic mass is 35.5. The van der Waals surface area contributed by atoms with Gasteiger partial charge in [-0.25, -0.2) is 0 Å². The maximum Gasteiger partial charge on any atom is 0.327 e. The standard InChI is InChI=1S/C17H19Cl2N3O4/c1-4-25-16(24)8-22-11(3)17(10(2)21-22)20-15(23)9-26-14-6-5-12(18)7-13(14)19/h5-7H,4,8-9H2,1-3H3,(H,20,23). The summed E-state index contributed by atoms with van der Waals surface area (Å²) in [6.07, 6.45) is 0. The van der Waals surface area contributed by atoms with Crippen molar-refractivity contribution in [1.29, 1.82) is 0 Å². The van der Waals surface area contributed by atoms with Crippen LogP contribution in [0.2, 0.25) is 10.0 Å². The maximum absolute atomic E-state index is 12.2. The molecule has 0 spiro atoms. The third-order valence-corrected chi connectivity index (χ3v) is 4.01. The number of carbonyl (C=O) groups excluding carboxylic acids is 2. The number of nitrogens with one attached hydrogen (secondary N) is 1. The zero-order valence-electron chi connectivity index (χ0n) is 14.6. The van der Waals surface area contributed by atoms with E-state index in [9.17, 15) is 9.59 Å². The van der Waals surface area contributed by atoms with Crippen molar-refractivity contribution in [3.63, 3.8) is 0 Å². The van der Waals surface area contributed by atoms with E-state index in [0.717, 1.165) is 0 Å². The number of aryl methyl sites for hydroxylation is 1. The van der Waals surface area contributed by atoms with Gasteiger partial charge in [-0.05, 0) is 39.0 Å². The first-order valence-corrected chi connectivity index (χ1v) is 8.64. The molecule has 1 aromatic carbocycles. The number of anilines is 1. The quantitative estimate of drug-likeness (QED) is 0.721. The predicted octanol–water partition coefficient (Wildman–Crippen LogP) is 3.39. The van der Waals surface area contributed by atoms with E-state index in [2.05, 4.69) is 10.4 Å². The highest BCUT2D eigenvalue weighted by Gasteiger charge is 2.17. The maximum atomic E-state index is 12.2. The van der Waals surface area contributed by atoms with Gasteiger partial charge in [0, 0.05) is 5.02 Å². The predicted molar refractivity (Wildman–Crippen MR) is 98.9 cm³/mol. The SMILES string of the molecule is CCOC(=O)Cn1nc(C)c(NC(=O)COc2ccc(Cl)cc2Cl)c1C. The molecule has 0 bridgehead atoms. The van der Waals surface area contributed by atoms with Crippen molar-refractivity contribution in [3.8, 4) is 5.75 Å². The van der Waals surface area contributed by atoms with Crippen molar-refractivity contribution in [3.05, 3.63) is 39.6 Å². The summed E-state index contributed by atoms with van der Waals surface area (Å²) in [6, 6.07) is 4.74. The summed E-state index contributed by atoms with van der Waals surface area (Å²) in [6.45, 7) is 5.27. The average Bonchev–Trinajstić information content (AvgIpc) is 2.81. The lowest BCUT2D eigenvalue weighted by Gasteiger charge is -2.09. The number of esters is 1. The van der Waals surface area contributed by atoms with Gasteiger partial charge in [0.1, 0.15) is 12.3 Å². The molecule has 9 heteroatoms. The Morgan fingerprint density at radius 3 is 2.65 bits per heavy atom. The van der Waals surface area contributed by atoms with Crippen LogP contribution in [-0.2, 0) is 20.9 Å². The van der Waals surface area contributed by atoms with Gasteiger partial charge in [-0.2, -0.15) is 5.10 Å². The molecule has 1 heterocycles. The van der Waals surface area contributed by atoms with E-state index in [4.69, 9.17) is 32.7 Å². The van der Waals surface area contributed by atoms with Crippen LogP contribution < -0.4 is 10.1 Å². The van der Waals surface area contributed by atoms with E-state index in [0.29, 0.717) is 39.5 Å². The first kappa shape index (κ1) is 20.1. The van der Waals surface area contributed by atoms with Crippen LogP contribution in [0.1, 0.15) is 18.3 Å². The van der Waals surface area contributed by atoms with Crippen molar-refractivity contribution >= 4 is 40.8 Å². The van der Waals surface area contributed by atoms with Crippen LogP contribution in [0.25, 0.3) is 0 Å². The van der Waals surface area contributed by atoms with Gasteiger partial charge in [-0.3, -0.25) is 14.3 Å². The third kappa shape index (κ3) is 5.12. The van der Waals surface area contributed by atoms with Crippen molar-refractivity contribution in [2.45, 2.75) is 27.3 Å². The molecule has 0 atom stereocenters. The molecule has 140 valence electrons. The Morgan fingerprint density at radius 2 is 2.00 bits per heavy atom. The molecule has 1 amide bonds. The summed E-state index contributed by atoms with van der Waals surface area (Å²) in [5, 5.41) is 7.79. The second-order valence-corrected chi connectivity index (χ2v) is 6.26. The van der Waals surface area contributed by atoms with E-state index in [1.807, 2.05) is 0 Å². The van der Waals surface area contributed by atoms with Crippen LogP contribution >= 0.6 is 23.2 Å². The van der Waals surface area contributed by atoms with Gasteiger partial charge in [-0.1, -0.05) is 23.2 Å². The van der Waals surface area contributed by atoms with E-state index in [1.54, 1.807) is 32.9 Å². The lowest BCUT2D eigenvalue weighted by Crippen LogP contribution is -2.21. The molecule has 7 nitrogen and oxygen atoms in total. The zero-order chi connectivity index (χ0) is 19.3. The number of hydrogen-bond acceptors (Lipinski definition) is 5. The molecule has 0 aliphatic carbocycles. The smallest absolute Gasteiger partial charge is 0.327 e. The molecule has 0 unspecified atom stereocenters. The van der Waals surface area contributed by atoms with Crippen molar-refractivity contribution < 1.29 is 19.1 Å². The Kier molecular flexibility index (Phi) is 6.88. The number of benzene rings is 1. The highest BCUT2D eigenvalue weighted by molar-refractivity contribution is 6.35. The van der Waals surface area contributed by atoms with Crippen LogP contribution in [0.5, 0.6) is 5.75 Å². The van der Waals surface area contributed by atoms with E-state index >= 15 is 0 Å². The Morgan fingerprint density at radius 1 is 1.27 bits per heavy atom. The largest absolute Gasteiger partial charge is 0.482 e. The number of rotatable bonds is 7. The minimum absolute atomic E-state index is 0.0206. The number of halogens is 2. The number of nitrogens with zero attached hydrogens (tertiary/aromatic N) is 2.